The van der Waals surface area contributed by atoms with Gasteiger partial charge in [-0.25, -0.2) is 9.78 Å². The molecule has 9 heteroatoms. The number of ether oxygens (including phenoxy) is 1. The van der Waals surface area contributed by atoms with E-state index in [-0.39, 0.29) is 33.3 Å². The topological polar surface area (TPSA) is 79.7 Å². The first-order valence-corrected chi connectivity index (χ1v) is 11.4. The molecule has 2 rings (SSSR count). The fourth-order valence-electron chi connectivity index (χ4n) is 2.92. The van der Waals surface area contributed by atoms with Crippen LogP contribution in [0.1, 0.15) is 66.9 Å². The highest BCUT2D eigenvalue weighted by atomic mass is 35.5. The average Bonchev–Trinajstić information content (AvgIpc) is 3.16. The summed E-state index contributed by atoms with van der Waals surface area (Å²) in [6.07, 6.45) is 0.446. The summed E-state index contributed by atoms with van der Waals surface area (Å²) in [5.74, 6) is -0.909. The van der Waals surface area contributed by atoms with E-state index in [4.69, 9.17) is 27.9 Å². The first-order valence-electron chi connectivity index (χ1n) is 9.81. The molecular weight excluding hydrogens is 447 g/mol. The van der Waals surface area contributed by atoms with Crippen LogP contribution in [0.3, 0.4) is 0 Å². The number of aromatic nitrogens is 1. The number of aliphatic hydroxyl groups is 1. The molecule has 0 saturated carbocycles. The molecule has 2 aromatic rings. The lowest BCUT2D eigenvalue weighted by Gasteiger charge is -2.24. The van der Waals surface area contributed by atoms with Crippen molar-refractivity contribution in [1.82, 2.24) is 9.88 Å². The van der Waals surface area contributed by atoms with E-state index in [0.717, 1.165) is 11.3 Å². The summed E-state index contributed by atoms with van der Waals surface area (Å²) in [7, 11) is 0. The second kappa shape index (κ2) is 10.1. The van der Waals surface area contributed by atoms with Crippen molar-refractivity contribution in [3.8, 4) is 10.4 Å². The van der Waals surface area contributed by atoms with Crippen LogP contribution in [-0.4, -0.2) is 46.6 Å². The van der Waals surface area contributed by atoms with Gasteiger partial charge in [-0.1, -0.05) is 42.3 Å². The lowest BCUT2D eigenvalue weighted by Crippen LogP contribution is -2.31. The summed E-state index contributed by atoms with van der Waals surface area (Å²) in [6.45, 7) is 10.1. The summed E-state index contributed by atoms with van der Waals surface area (Å²) in [6, 6.07) is 3.37. The van der Waals surface area contributed by atoms with Crippen molar-refractivity contribution < 1.29 is 19.4 Å². The maximum Gasteiger partial charge on any atom is 0.367 e. The third-order valence-corrected chi connectivity index (χ3v) is 6.88. The first kappa shape index (κ1) is 24.6. The first-order chi connectivity index (χ1) is 14.1. The molecule has 1 aromatic carbocycles. The molecule has 0 fully saturated rings. The Balaban J connectivity index is 2.69. The second-order valence-corrected chi connectivity index (χ2v) is 8.57. The SMILES string of the molecule is CCOC(=O)c1nc(C(=O)N(CC)CC)c(-c2ccc(C(C)(O)CC)c(Cl)c2Cl)s1. The molecule has 0 aliphatic carbocycles. The van der Waals surface area contributed by atoms with Gasteiger partial charge in [-0.05, 0) is 34.1 Å². The van der Waals surface area contributed by atoms with E-state index in [1.54, 1.807) is 30.9 Å². The van der Waals surface area contributed by atoms with Crippen LogP contribution >= 0.6 is 34.5 Å². The number of benzene rings is 1. The van der Waals surface area contributed by atoms with Crippen molar-refractivity contribution in [1.29, 1.82) is 0 Å². The smallest absolute Gasteiger partial charge is 0.367 e. The maximum absolute atomic E-state index is 13.1. The molecule has 1 amide bonds. The molecule has 30 heavy (non-hydrogen) atoms. The Hall–Kier alpha value is -1.67. The number of rotatable bonds is 8. The maximum atomic E-state index is 13.1. The normalized spacial score (nSPS) is 13.1. The number of nitrogens with zero attached hydrogens (tertiary/aromatic N) is 2. The van der Waals surface area contributed by atoms with E-state index >= 15 is 0 Å². The summed E-state index contributed by atoms with van der Waals surface area (Å²) in [5, 5.41) is 11.1. The van der Waals surface area contributed by atoms with Crippen LogP contribution in [0, 0.1) is 0 Å². The van der Waals surface area contributed by atoms with Crippen LogP contribution in [0.5, 0.6) is 0 Å². The minimum absolute atomic E-state index is 0.0687. The molecule has 1 aromatic heterocycles. The van der Waals surface area contributed by atoms with Gasteiger partial charge >= 0.3 is 5.97 Å². The predicted octanol–water partition coefficient (Wildman–Crippen LogP) is 5.39. The molecular formula is C21H26Cl2N2O4S. The van der Waals surface area contributed by atoms with Gasteiger partial charge in [0.1, 0.15) is 5.69 Å². The molecule has 1 unspecified atom stereocenters. The Morgan fingerprint density at radius 2 is 1.80 bits per heavy atom. The Bertz CT molecular complexity index is 939. The second-order valence-electron chi connectivity index (χ2n) is 6.81. The molecule has 0 saturated heterocycles. The molecule has 0 spiro atoms. The Labute approximate surface area is 190 Å². The monoisotopic (exact) mass is 472 g/mol. The van der Waals surface area contributed by atoms with Crippen LogP contribution in [-0.2, 0) is 10.3 Å². The number of hydrogen-bond donors (Lipinski definition) is 1. The minimum Gasteiger partial charge on any atom is -0.461 e. The van der Waals surface area contributed by atoms with Crippen molar-refractivity contribution in [3.63, 3.8) is 0 Å². The van der Waals surface area contributed by atoms with Gasteiger partial charge < -0.3 is 14.7 Å². The van der Waals surface area contributed by atoms with Gasteiger partial charge in [-0.15, -0.1) is 11.3 Å². The summed E-state index contributed by atoms with van der Waals surface area (Å²) < 4.78 is 5.05. The van der Waals surface area contributed by atoms with Crippen molar-refractivity contribution in [3.05, 3.63) is 38.4 Å². The van der Waals surface area contributed by atoms with Crippen LogP contribution in [0.25, 0.3) is 10.4 Å². The Morgan fingerprint density at radius 1 is 1.17 bits per heavy atom. The van der Waals surface area contributed by atoms with Gasteiger partial charge in [-0.2, -0.15) is 0 Å². The third-order valence-electron chi connectivity index (χ3n) is 4.93. The van der Waals surface area contributed by atoms with Crippen molar-refractivity contribution in [2.24, 2.45) is 0 Å². The molecule has 164 valence electrons. The fraction of sp³-hybridized carbons (Fsp3) is 0.476. The third kappa shape index (κ3) is 4.80. The minimum atomic E-state index is -1.15. The van der Waals surface area contributed by atoms with Crippen LogP contribution in [0.15, 0.2) is 12.1 Å². The lowest BCUT2D eigenvalue weighted by atomic mass is 9.92. The summed E-state index contributed by atoms with van der Waals surface area (Å²) >= 11 is 14.1. The van der Waals surface area contributed by atoms with Crippen LogP contribution < -0.4 is 0 Å². The standard InChI is InChI=1S/C21H26Cl2N2O4S/c1-6-21(5,28)13-11-10-12(14(22)15(13)23)17-16(19(26)25(7-2)8-3)24-18(30-17)20(27)29-9-4/h10-11,28H,6-9H2,1-5H3. The largest absolute Gasteiger partial charge is 0.461 e. The van der Waals surface area contributed by atoms with E-state index in [0.29, 0.717) is 35.5 Å². The number of carbonyl (C=O) groups is 2. The predicted molar refractivity (Wildman–Crippen MR) is 121 cm³/mol. The molecule has 0 bridgehead atoms. The number of hydrogen-bond acceptors (Lipinski definition) is 6. The van der Waals surface area contributed by atoms with Gasteiger partial charge in [0.25, 0.3) is 5.91 Å². The van der Waals surface area contributed by atoms with E-state index in [1.165, 1.54) is 0 Å². The number of amides is 1. The highest BCUT2D eigenvalue weighted by Crippen LogP contribution is 2.43. The number of thiazole rings is 1. The fourth-order valence-corrected chi connectivity index (χ4v) is 4.59. The van der Waals surface area contributed by atoms with Crippen LogP contribution in [0.2, 0.25) is 10.0 Å². The van der Waals surface area contributed by atoms with Crippen molar-refractivity contribution in [2.75, 3.05) is 19.7 Å². The Morgan fingerprint density at radius 3 is 2.33 bits per heavy atom. The molecule has 6 nitrogen and oxygen atoms in total. The zero-order valence-electron chi connectivity index (χ0n) is 17.7. The van der Waals surface area contributed by atoms with Crippen molar-refractivity contribution >= 4 is 46.4 Å². The number of carbonyl (C=O) groups excluding carboxylic acids is 2. The molecule has 0 aliphatic rings. The molecule has 1 heterocycles. The van der Waals surface area contributed by atoms with E-state index < -0.39 is 11.6 Å². The van der Waals surface area contributed by atoms with E-state index in [9.17, 15) is 14.7 Å². The summed E-state index contributed by atoms with van der Waals surface area (Å²) in [4.78, 5) is 31.7. The van der Waals surface area contributed by atoms with Gasteiger partial charge in [0.15, 0.2) is 0 Å². The average molecular weight is 473 g/mol. The van der Waals surface area contributed by atoms with E-state index in [2.05, 4.69) is 4.98 Å². The number of halogens is 2. The molecule has 1 N–H and O–H groups in total. The lowest BCUT2D eigenvalue weighted by molar-refractivity contribution is 0.0521. The molecule has 0 aliphatic heterocycles. The quantitative estimate of drug-likeness (QED) is 0.520. The molecule has 1 atom stereocenters. The highest BCUT2D eigenvalue weighted by molar-refractivity contribution is 7.17. The van der Waals surface area contributed by atoms with Gasteiger partial charge in [0, 0.05) is 24.2 Å². The zero-order valence-corrected chi connectivity index (χ0v) is 20.0. The zero-order chi connectivity index (χ0) is 22.6. The van der Waals surface area contributed by atoms with Gasteiger partial charge in [-0.3, -0.25) is 4.79 Å². The van der Waals surface area contributed by atoms with Crippen molar-refractivity contribution in [2.45, 2.75) is 46.6 Å². The van der Waals surface area contributed by atoms with Gasteiger partial charge in [0.2, 0.25) is 5.01 Å². The van der Waals surface area contributed by atoms with Crippen LogP contribution in [0.4, 0.5) is 0 Å². The van der Waals surface area contributed by atoms with E-state index in [1.807, 2.05) is 20.8 Å². The molecule has 0 radical (unpaired) electrons. The highest BCUT2D eigenvalue weighted by Gasteiger charge is 2.30. The van der Waals surface area contributed by atoms with Gasteiger partial charge in [0.05, 0.1) is 27.1 Å². The number of esters is 1. The summed E-state index contributed by atoms with van der Waals surface area (Å²) in [5.41, 5.74) is -0.0594. The Kier molecular flexibility index (Phi) is 8.27.